The van der Waals surface area contributed by atoms with E-state index in [1.54, 1.807) is 24.3 Å². The molecule has 1 aromatic carbocycles. The van der Waals surface area contributed by atoms with E-state index in [0.29, 0.717) is 18.8 Å². The van der Waals surface area contributed by atoms with Gasteiger partial charge < -0.3 is 10.5 Å². The summed E-state index contributed by atoms with van der Waals surface area (Å²) in [6, 6.07) is 6.65. The zero-order chi connectivity index (χ0) is 13.2. The van der Waals surface area contributed by atoms with Gasteiger partial charge in [-0.05, 0) is 25.0 Å². The molecule has 100 valence electrons. The fraction of sp³-hybridized carbons (Fsp3) is 0.500. The van der Waals surface area contributed by atoms with Crippen molar-refractivity contribution in [2.75, 3.05) is 20.2 Å². The lowest BCUT2D eigenvalue weighted by molar-refractivity contribution is 0.405. The van der Waals surface area contributed by atoms with Crippen LogP contribution in [0, 0.1) is 0 Å². The highest BCUT2D eigenvalue weighted by Gasteiger charge is 2.37. The molecule has 5 nitrogen and oxygen atoms in total. The highest BCUT2D eigenvalue weighted by molar-refractivity contribution is 7.89. The molecule has 1 aromatic rings. The van der Waals surface area contributed by atoms with Crippen LogP contribution in [0.2, 0.25) is 0 Å². The van der Waals surface area contributed by atoms with Crippen molar-refractivity contribution >= 4 is 10.0 Å². The predicted octanol–water partition coefficient (Wildman–Crippen LogP) is 0.807. The molecule has 6 heteroatoms. The van der Waals surface area contributed by atoms with Crippen LogP contribution < -0.4 is 10.5 Å². The summed E-state index contributed by atoms with van der Waals surface area (Å²) >= 11 is 0. The molecule has 1 aliphatic carbocycles. The van der Waals surface area contributed by atoms with Gasteiger partial charge in [0.1, 0.15) is 5.75 Å². The number of hydrogen-bond donors (Lipinski definition) is 1. The summed E-state index contributed by atoms with van der Waals surface area (Å²) in [6.07, 6.45) is 1.84. The molecule has 1 aliphatic rings. The molecular weight excluding hydrogens is 252 g/mol. The Labute approximate surface area is 108 Å². The van der Waals surface area contributed by atoms with Crippen molar-refractivity contribution in [3.63, 3.8) is 0 Å². The van der Waals surface area contributed by atoms with Crippen molar-refractivity contribution in [3.05, 3.63) is 24.3 Å². The molecule has 0 amide bonds. The van der Waals surface area contributed by atoms with Gasteiger partial charge in [-0.25, -0.2) is 8.42 Å². The Morgan fingerprint density at radius 2 is 2.17 bits per heavy atom. The molecule has 0 saturated heterocycles. The lowest BCUT2D eigenvalue weighted by atomic mass is 10.3. The standard InChI is InChI=1S/C12H18N2O3S/c1-17-11-3-2-4-12(9-11)18(15,16)14(8-7-13)10-5-6-10/h2-4,9-10H,5-8,13H2,1H3. The molecule has 0 aromatic heterocycles. The van der Waals surface area contributed by atoms with Crippen molar-refractivity contribution in [2.24, 2.45) is 5.73 Å². The molecular formula is C12H18N2O3S. The van der Waals surface area contributed by atoms with E-state index in [-0.39, 0.29) is 10.9 Å². The van der Waals surface area contributed by atoms with Crippen molar-refractivity contribution < 1.29 is 13.2 Å². The topological polar surface area (TPSA) is 72.6 Å². The van der Waals surface area contributed by atoms with Crippen molar-refractivity contribution in [2.45, 2.75) is 23.8 Å². The number of hydrogen-bond acceptors (Lipinski definition) is 4. The molecule has 1 saturated carbocycles. The number of nitrogens with two attached hydrogens (primary N) is 1. The van der Waals surface area contributed by atoms with E-state index in [1.807, 2.05) is 0 Å². The van der Waals surface area contributed by atoms with Gasteiger partial charge in [0, 0.05) is 25.2 Å². The molecule has 2 N–H and O–H groups in total. The van der Waals surface area contributed by atoms with Crippen LogP contribution in [-0.2, 0) is 10.0 Å². The van der Waals surface area contributed by atoms with E-state index in [1.165, 1.54) is 11.4 Å². The highest BCUT2D eigenvalue weighted by Crippen LogP contribution is 2.32. The SMILES string of the molecule is COc1cccc(S(=O)(=O)N(CCN)C2CC2)c1. The molecule has 0 spiro atoms. The summed E-state index contributed by atoms with van der Waals surface area (Å²) in [7, 11) is -1.94. The van der Waals surface area contributed by atoms with Crippen LogP contribution in [0.25, 0.3) is 0 Å². The monoisotopic (exact) mass is 270 g/mol. The van der Waals surface area contributed by atoms with Crippen LogP contribution in [0.4, 0.5) is 0 Å². The molecule has 1 fully saturated rings. The minimum absolute atomic E-state index is 0.116. The summed E-state index contributed by atoms with van der Waals surface area (Å²) in [6.45, 7) is 0.698. The van der Waals surface area contributed by atoms with Gasteiger partial charge in [-0.15, -0.1) is 0 Å². The van der Waals surface area contributed by atoms with Crippen molar-refractivity contribution in [3.8, 4) is 5.75 Å². The summed E-state index contributed by atoms with van der Waals surface area (Å²) in [5, 5.41) is 0. The predicted molar refractivity (Wildman–Crippen MR) is 69.0 cm³/mol. The molecule has 0 bridgehead atoms. The number of rotatable bonds is 6. The molecule has 0 atom stereocenters. The molecule has 0 radical (unpaired) electrons. The van der Waals surface area contributed by atoms with Gasteiger partial charge in [0.15, 0.2) is 0 Å². The lowest BCUT2D eigenvalue weighted by Crippen LogP contribution is -2.37. The fourth-order valence-corrected chi connectivity index (χ4v) is 3.62. The first kappa shape index (κ1) is 13.3. The van der Waals surface area contributed by atoms with Gasteiger partial charge in [-0.2, -0.15) is 4.31 Å². The van der Waals surface area contributed by atoms with Crippen LogP contribution in [0.3, 0.4) is 0 Å². The number of benzene rings is 1. The Morgan fingerprint density at radius 1 is 1.44 bits per heavy atom. The Balaban J connectivity index is 2.32. The summed E-state index contributed by atoms with van der Waals surface area (Å²) in [5.41, 5.74) is 5.50. The second-order valence-corrected chi connectivity index (χ2v) is 6.21. The third-order valence-corrected chi connectivity index (χ3v) is 4.90. The van der Waals surface area contributed by atoms with Crippen molar-refractivity contribution in [1.82, 2.24) is 4.31 Å². The quantitative estimate of drug-likeness (QED) is 0.830. The second kappa shape index (κ2) is 5.26. The number of ether oxygens (including phenoxy) is 1. The van der Waals surface area contributed by atoms with Crippen LogP contribution in [0.5, 0.6) is 5.75 Å². The Kier molecular flexibility index (Phi) is 3.89. The first-order valence-electron chi connectivity index (χ1n) is 5.95. The smallest absolute Gasteiger partial charge is 0.243 e. The van der Waals surface area contributed by atoms with E-state index < -0.39 is 10.0 Å². The maximum absolute atomic E-state index is 12.5. The average molecular weight is 270 g/mol. The van der Waals surface area contributed by atoms with Crippen LogP contribution in [0.1, 0.15) is 12.8 Å². The van der Waals surface area contributed by atoms with Gasteiger partial charge in [-0.1, -0.05) is 6.07 Å². The third-order valence-electron chi connectivity index (χ3n) is 2.95. The summed E-state index contributed by atoms with van der Waals surface area (Å²) in [5.74, 6) is 0.541. The molecule has 18 heavy (non-hydrogen) atoms. The van der Waals surface area contributed by atoms with E-state index in [2.05, 4.69) is 0 Å². The zero-order valence-electron chi connectivity index (χ0n) is 10.4. The maximum Gasteiger partial charge on any atom is 0.243 e. The Bertz CT molecular complexity index is 512. The third kappa shape index (κ3) is 2.66. The van der Waals surface area contributed by atoms with E-state index >= 15 is 0 Å². The first-order valence-corrected chi connectivity index (χ1v) is 7.39. The summed E-state index contributed by atoms with van der Waals surface area (Å²) < 4.78 is 31.5. The van der Waals surface area contributed by atoms with Gasteiger partial charge >= 0.3 is 0 Å². The second-order valence-electron chi connectivity index (χ2n) is 4.31. The largest absolute Gasteiger partial charge is 0.497 e. The number of sulfonamides is 1. The van der Waals surface area contributed by atoms with Gasteiger partial charge in [0.05, 0.1) is 12.0 Å². The number of nitrogens with zero attached hydrogens (tertiary/aromatic N) is 1. The zero-order valence-corrected chi connectivity index (χ0v) is 11.2. The first-order chi connectivity index (χ1) is 8.59. The lowest BCUT2D eigenvalue weighted by Gasteiger charge is -2.21. The minimum Gasteiger partial charge on any atom is -0.497 e. The Morgan fingerprint density at radius 3 is 2.72 bits per heavy atom. The van der Waals surface area contributed by atoms with Crippen LogP contribution in [0.15, 0.2) is 29.2 Å². The Hall–Kier alpha value is -1.11. The summed E-state index contributed by atoms with van der Waals surface area (Å²) in [4.78, 5) is 0.266. The normalized spacial score (nSPS) is 15.9. The van der Waals surface area contributed by atoms with Gasteiger partial charge in [-0.3, -0.25) is 0 Å². The van der Waals surface area contributed by atoms with Gasteiger partial charge in [0.25, 0.3) is 0 Å². The van der Waals surface area contributed by atoms with E-state index in [0.717, 1.165) is 12.8 Å². The highest BCUT2D eigenvalue weighted by atomic mass is 32.2. The molecule has 2 rings (SSSR count). The molecule has 0 heterocycles. The average Bonchev–Trinajstić information content (AvgIpc) is 3.20. The molecule has 0 aliphatic heterocycles. The molecule has 0 unspecified atom stereocenters. The van der Waals surface area contributed by atoms with Gasteiger partial charge in [0.2, 0.25) is 10.0 Å². The fourth-order valence-electron chi connectivity index (χ4n) is 1.89. The van der Waals surface area contributed by atoms with E-state index in [9.17, 15) is 8.42 Å². The number of methoxy groups -OCH3 is 1. The van der Waals surface area contributed by atoms with Crippen LogP contribution >= 0.6 is 0 Å². The minimum atomic E-state index is -3.46. The van der Waals surface area contributed by atoms with Crippen molar-refractivity contribution in [1.29, 1.82) is 0 Å². The maximum atomic E-state index is 12.5. The van der Waals surface area contributed by atoms with E-state index in [4.69, 9.17) is 10.5 Å². The van der Waals surface area contributed by atoms with Crippen LogP contribution in [-0.4, -0.2) is 39.0 Å².